The maximum absolute atomic E-state index is 4.98. The molecule has 96 valence electrons. The summed E-state index contributed by atoms with van der Waals surface area (Å²) in [4.78, 5) is 2.43. The average molecular weight is 239 g/mol. The first-order valence-corrected chi connectivity index (χ1v) is 6.19. The van der Waals surface area contributed by atoms with Crippen LogP contribution in [0.3, 0.4) is 0 Å². The second-order valence-electron chi connectivity index (χ2n) is 4.31. The van der Waals surface area contributed by atoms with Gasteiger partial charge in [-0.1, -0.05) is 0 Å². The second-order valence-corrected chi connectivity index (χ2v) is 4.31. The molecule has 1 N–H and O–H groups in total. The molecule has 6 heteroatoms. The fourth-order valence-corrected chi connectivity index (χ4v) is 2.03. The topological polar surface area (TPSA) is 55.2 Å². The van der Waals surface area contributed by atoms with Crippen LogP contribution < -0.4 is 5.32 Å². The van der Waals surface area contributed by atoms with Crippen LogP contribution in [-0.2, 0) is 17.8 Å². The van der Waals surface area contributed by atoms with Gasteiger partial charge in [-0.25, -0.2) is 0 Å². The van der Waals surface area contributed by atoms with Crippen molar-refractivity contribution in [2.45, 2.75) is 19.5 Å². The van der Waals surface area contributed by atoms with Crippen molar-refractivity contribution < 1.29 is 4.74 Å². The summed E-state index contributed by atoms with van der Waals surface area (Å²) in [6, 6.07) is 0. The number of hydrogen-bond acceptors (Lipinski definition) is 5. The lowest BCUT2D eigenvalue weighted by atomic mass is 10.3. The molecule has 0 fully saturated rings. The third-order valence-electron chi connectivity index (χ3n) is 3.03. The number of nitrogens with one attached hydrogen (secondary N) is 1. The highest BCUT2D eigenvalue weighted by Crippen LogP contribution is 2.08. The van der Waals surface area contributed by atoms with Gasteiger partial charge < -0.3 is 14.6 Å². The predicted octanol–water partition coefficient (Wildman–Crippen LogP) is -0.280. The smallest absolute Gasteiger partial charge is 0.147 e. The van der Waals surface area contributed by atoms with Gasteiger partial charge in [-0.05, 0) is 19.5 Å². The van der Waals surface area contributed by atoms with E-state index < -0.39 is 0 Å². The van der Waals surface area contributed by atoms with E-state index in [2.05, 4.69) is 25.0 Å². The van der Waals surface area contributed by atoms with E-state index in [1.807, 2.05) is 6.33 Å². The van der Waals surface area contributed by atoms with Gasteiger partial charge >= 0.3 is 0 Å². The molecule has 0 unspecified atom stereocenters. The van der Waals surface area contributed by atoms with Crippen LogP contribution in [-0.4, -0.2) is 59.6 Å². The summed E-state index contributed by atoms with van der Waals surface area (Å²) in [5.74, 6) is 1.09. The van der Waals surface area contributed by atoms with Crippen LogP contribution in [0.4, 0.5) is 0 Å². The number of nitrogens with zero attached hydrogens (tertiary/aromatic N) is 4. The molecule has 0 saturated heterocycles. The minimum absolute atomic E-state index is 0.785. The zero-order valence-corrected chi connectivity index (χ0v) is 10.4. The van der Waals surface area contributed by atoms with Crippen LogP contribution in [0.5, 0.6) is 0 Å². The van der Waals surface area contributed by atoms with E-state index in [4.69, 9.17) is 4.74 Å². The van der Waals surface area contributed by atoms with E-state index in [-0.39, 0.29) is 0 Å². The van der Waals surface area contributed by atoms with Crippen LogP contribution >= 0.6 is 0 Å². The monoisotopic (exact) mass is 239 g/mol. The first kappa shape index (κ1) is 12.5. The van der Waals surface area contributed by atoms with E-state index in [1.165, 1.54) is 0 Å². The van der Waals surface area contributed by atoms with Crippen molar-refractivity contribution in [3.8, 4) is 0 Å². The Kier molecular flexibility index (Phi) is 4.90. The van der Waals surface area contributed by atoms with E-state index in [1.54, 1.807) is 7.11 Å². The highest BCUT2D eigenvalue weighted by molar-refractivity contribution is 4.89. The molecule has 1 aliphatic heterocycles. The van der Waals surface area contributed by atoms with Crippen molar-refractivity contribution in [1.82, 2.24) is 25.0 Å². The number of ether oxygens (including phenoxy) is 1. The Balaban J connectivity index is 1.59. The molecule has 1 aromatic heterocycles. The molecule has 0 radical (unpaired) electrons. The summed E-state index contributed by atoms with van der Waals surface area (Å²) >= 11 is 0. The molecule has 0 bridgehead atoms. The summed E-state index contributed by atoms with van der Waals surface area (Å²) in [6.45, 7) is 6.93. The van der Waals surface area contributed by atoms with Gasteiger partial charge in [0.1, 0.15) is 12.2 Å². The molecule has 0 atom stereocenters. The molecule has 1 aromatic rings. The number of methoxy groups -OCH3 is 1. The normalized spacial score (nSPS) is 16.1. The van der Waals surface area contributed by atoms with Crippen molar-refractivity contribution in [3.05, 3.63) is 12.2 Å². The molecule has 0 aromatic carbocycles. The van der Waals surface area contributed by atoms with Crippen LogP contribution in [0.25, 0.3) is 0 Å². The molecule has 0 aliphatic carbocycles. The Morgan fingerprint density at radius 2 is 2.35 bits per heavy atom. The number of fused-ring (bicyclic) bond motifs is 1. The molecule has 17 heavy (non-hydrogen) atoms. The van der Waals surface area contributed by atoms with Gasteiger partial charge in [0.15, 0.2) is 0 Å². The summed E-state index contributed by atoms with van der Waals surface area (Å²) in [7, 11) is 1.73. The first-order chi connectivity index (χ1) is 8.40. The van der Waals surface area contributed by atoms with Gasteiger partial charge in [-0.15, -0.1) is 10.2 Å². The van der Waals surface area contributed by atoms with Gasteiger partial charge in [0.05, 0.1) is 13.2 Å². The molecule has 2 rings (SSSR count). The molecule has 2 heterocycles. The summed E-state index contributed by atoms with van der Waals surface area (Å²) < 4.78 is 7.11. The first-order valence-electron chi connectivity index (χ1n) is 6.19. The molecule has 0 amide bonds. The van der Waals surface area contributed by atoms with E-state index >= 15 is 0 Å². The Hall–Kier alpha value is -0.980. The van der Waals surface area contributed by atoms with Gasteiger partial charge in [0, 0.05) is 26.7 Å². The standard InChI is InChI=1S/C11H21N5O/c1-17-8-4-12-3-2-5-15-6-7-16-10-13-14-11(16)9-15/h10,12H,2-9H2,1H3. The van der Waals surface area contributed by atoms with Gasteiger partial charge in [-0.3, -0.25) is 4.90 Å². The van der Waals surface area contributed by atoms with Crippen LogP contribution in [0.1, 0.15) is 12.2 Å². The average Bonchev–Trinajstić information content (AvgIpc) is 2.81. The molecular formula is C11H21N5O. The number of hydrogen-bond donors (Lipinski definition) is 1. The minimum atomic E-state index is 0.785. The zero-order valence-electron chi connectivity index (χ0n) is 10.4. The lowest BCUT2D eigenvalue weighted by molar-refractivity contribution is 0.195. The number of rotatable bonds is 7. The Morgan fingerprint density at radius 1 is 1.41 bits per heavy atom. The predicted molar refractivity (Wildman–Crippen MR) is 64.7 cm³/mol. The van der Waals surface area contributed by atoms with E-state index in [9.17, 15) is 0 Å². The van der Waals surface area contributed by atoms with Crippen molar-refractivity contribution in [1.29, 1.82) is 0 Å². The molecule has 0 spiro atoms. The van der Waals surface area contributed by atoms with Crippen molar-refractivity contribution in [3.63, 3.8) is 0 Å². The SMILES string of the molecule is COCCNCCCN1CCn2cnnc2C1. The second kappa shape index (κ2) is 6.68. The van der Waals surface area contributed by atoms with Crippen LogP contribution in [0, 0.1) is 0 Å². The third kappa shape index (κ3) is 3.76. The van der Waals surface area contributed by atoms with Crippen molar-refractivity contribution in [2.24, 2.45) is 0 Å². The summed E-state index contributed by atoms with van der Waals surface area (Å²) in [6.07, 6.45) is 2.98. The highest BCUT2D eigenvalue weighted by Gasteiger charge is 2.16. The lowest BCUT2D eigenvalue weighted by Gasteiger charge is -2.26. The van der Waals surface area contributed by atoms with Crippen molar-refractivity contribution >= 4 is 0 Å². The molecular weight excluding hydrogens is 218 g/mol. The zero-order chi connectivity index (χ0) is 11.9. The maximum atomic E-state index is 4.98. The minimum Gasteiger partial charge on any atom is -0.383 e. The van der Waals surface area contributed by atoms with Gasteiger partial charge in [-0.2, -0.15) is 0 Å². The van der Waals surface area contributed by atoms with Gasteiger partial charge in [0.2, 0.25) is 0 Å². The summed E-state index contributed by atoms with van der Waals surface area (Å²) in [5.41, 5.74) is 0. The van der Waals surface area contributed by atoms with E-state index in [0.717, 1.165) is 58.1 Å². The van der Waals surface area contributed by atoms with Crippen LogP contribution in [0.2, 0.25) is 0 Å². The quantitative estimate of drug-likeness (QED) is 0.663. The lowest BCUT2D eigenvalue weighted by Crippen LogP contribution is -2.35. The number of aromatic nitrogens is 3. The fourth-order valence-electron chi connectivity index (χ4n) is 2.03. The fraction of sp³-hybridized carbons (Fsp3) is 0.818. The summed E-state index contributed by atoms with van der Waals surface area (Å²) in [5, 5.41) is 11.4. The van der Waals surface area contributed by atoms with E-state index in [0.29, 0.717) is 0 Å². The van der Waals surface area contributed by atoms with Crippen LogP contribution in [0.15, 0.2) is 6.33 Å². The molecule has 1 aliphatic rings. The maximum Gasteiger partial charge on any atom is 0.147 e. The highest BCUT2D eigenvalue weighted by atomic mass is 16.5. The Bertz CT molecular complexity index is 327. The molecule has 6 nitrogen and oxygen atoms in total. The molecule has 0 saturated carbocycles. The van der Waals surface area contributed by atoms with Gasteiger partial charge in [0.25, 0.3) is 0 Å². The van der Waals surface area contributed by atoms with Crippen molar-refractivity contribution in [2.75, 3.05) is 39.9 Å². The third-order valence-corrected chi connectivity index (χ3v) is 3.03. The largest absolute Gasteiger partial charge is 0.383 e. The Labute approximate surface area is 102 Å². The Morgan fingerprint density at radius 3 is 3.24 bits per heavy atom.